The van der Waals surface area contributed by atoms with E-state index in [4.69, 9.17) is 17.3 Å². The van der Waals surface area contributed by atoms with Crippen LogP contribution in [0.3, 0.4) is 0 Å². The summed E-state index contributed by atoms with van der Waals surface area (Å²) in [6.07, 6.45) is 0. The molecule has 3 N–H and O–H groups in total. The first-order valence-corrected chi connectivity index (χ1v) is 6.85. The maximum Gasteiger partial charge on any atom is 0.256 e. The van der Waals surface area contributed by atoms with Gasteiger partial charge in [0.25, 0.3) is 5.91 Å². The van der Waals surface area contributed by atoms with Crippen LogP contribution in [0.15, 0.2) is 42.5 Å². The maximum absolute atomic E-state index is 12.4. The third kappa shape index (κ3) is 3.85. The summed E-state index contributed by atoms with van der Waals surface area (Å²) < 4.78 is 0. The zero-order valence-corrected chi connectivity index (χ0v) is 12.4. The lowest BCUT2D eigenvalue weighted by atomic mass is 10.0. The van der Waals surface area contributed by atoms with E-state index in [1.165, 1.54) is 0 Å². The van der Waals surface area contributed by atoms with Crippen LogP contribution in [0.25, 0.3) is 0 Å². The maximum atomic E-state index is 12.4. The number of halogens is 1. The monoisotopic (exact) mass is 298 g/mol. The second-order valence-electron chi connectivity index (χ2n) is 4.49. The summed E-state index contributed by atoms with van der Waals surface area (Å²) in [7, 11) is 0. The van der Waals surface area contributed by atoms with Gasteiger partial charge < -0.3 is 11.1 Å². The van der Waals surface area contributed by atoms with E-state index in [0.29, 0.717) is 21.8 Å². The molecule has 0 aromatic heterocycles. The molecule has 2 aromatic rings. The number of benzene rings is 2. The SMILES string of the molecule is Cc1ccc(C#CCN)c(C(=O)Nc2ccccc2Cl)c1. The Labute approximate surface area is 129 Å². The molecular weight excluding hydrogens is 284 g/mol. The molecule has 0 unspecified atom stereocenters. The van der Waals surface area contributed by atoms with E-state index < -0.39 is 0 Å². The van der Waals surface area contributed by atoms with E-state index in [9.17, 15) is 4.79 Å². The van der Waals surface area contributed by atoms with Crippen molar-refractivity contribution in [2.75, 3.05) is 11.9 Å². The Kier molecular flexibility index (Phi) is 4.99. The van der Waals surface area contributed by atoms with Gasteiger partial charge >= 0.3 is 0 Å². The van der Waals surface area contributed by atoms with Gasteiger partial charge in [-0.25, -0.2) is 0 Å². The summed E-state index contributed by atoms with van der Waals surface area (Å²) >= 11 is 6.05. The minimum Gasteiger partial charge on any atom is -0.321 e. The lowest BCUT2D eigenvalue weighted by Gasteiger charge is -2.09. The number of carbonyl (C=O) groups excluding carboxylic acids is 1. The number of hydrogen-bond acceptors (Lipinski definition) is 2. The van der Waals surface area contributed by atoms with Crippen molar-refractivity contribution in [3.63, 3.8) is 0 Å². The number of carbonyl (C=O) groups is 1. The molecule has 0 heterocycles. The Morgan fingerprint density at radius 2 is 2.05 bits per heavy atom. The Bertz CT molecular complexity index is 729. The molecular formula is C17H15ClN2O. The van der Waals surface area contributed by atoms with Crippen LogP contribution in [-0.2, 0) is 0 Å². The molecule has 0 aliphatic carbocycles. The van der Waals surface area contributed by atoms with Gasteiger partial charge in [0.1, 0.15) is 0 Å². The molecule has 0 atom stereocenters. The summed E-state index contributed by atoms with van der Waals surface area (Å²) in [5, 5.41) is 3.29. The van der Waals surface area contributed by atoms with E-state index >= 15 is 0 Å². The van der Waals surface area contributed by atoms with Crippen LogP contribution in [0.2, 0.25) is 5.02 Å². The van der Waals surface area contributed by atoms with Crippen LogP contribution in [0.4, 0.5) is 5.69 Å². The van der Waals surface area contributed by atoms with Gasteiger partial charge in [-0.05, 0) is 31.2 Å². The lowest BCUT2D eigenvalue weighted by Crippen LogP contribution is -2.14. The number of nitrogens with one attached hydrogen (secondary N) is 1. The second kappa shape index (κ2) is 6.94. The second-order valence-corrected chi connectivity index (χ2v) is 4.90. The van der Waals surface area contributed by atoms with Crippen molar-refractivity contribution < 1.29 is 4.79 Å². The van der Waals surface area contributed by atoms with E-state index in [1.807, 2.05) is 31.2 Å². The fraction of sp³-hybridized carbons (Fsp3) is 0.118. The molecule has 3 nitrogen and oxygen atoms in total. The van der Waals surface area contributed by atoms with Crippen LogP contribution in [0.1, 0.15) is 21.5 Å². The molecule has 0 aliphatic heterocycles. The molecule has 2 rings (SSSR count). The number of rotatable bonds is 2. The molecule has 1 amide bonds. The van der Waals surface area contributed by atoms with Crippen molar-refractivity contribution in [2.45, 2.75) is 6.92 Å². The molecule has 0 saturated carbocycles. The first-order valence-electron chi connectivity index (χ1n) is 6.47. The van der Waals surface area contributed by atoms with Crippen molar-refractivity contribution in [2.24, 2.45) is 5.73 Å². The van der Waals surface area contributed by atoms with Crippen LogP contribution >= 0.6 is 11.6 Å². The average Bonchev–Trinajstić information content (AvgIpc) is 2.48. The predicted molar refractivity (Wildman–Crippen MR) is 86.5 cm³/mol. The minimum atomic E-state index is -0.242. The van der Waals surface area contributed by atoms with Crippen molar-refractivity contribution in [3.05, 3.63) is 64.2 Å². The Hall–Kier alpha value is -2.28. The number of aryl methyl sites for hydroxylation is 1. The number of amides is 1. The van der Waals surface area contributed by atoms with Gasteiger partial charge in [0.15, 0.2) is 0 Å². The fourth-order valence-electron chi connectivity index (χ4n) is 1.85. The average molecular weight is 299 g/mol. The van der Waals surface area contributed by atoms with E-state index in [-0.39, 0.29) is 12.5 Å². The molecule has 0 saturated heterocycles. The third-order valence-electron chi connectivity index (χ3n) is 2.87. The zero-order chi connectivity index (χ0) is 15.2. The highest BCUT2D eigenvalue weighted by Gasteiger charge is 2.12. The van der Waals surface area contributed by atoms with Crippen LogP contribution in [0.5, 0.6) is 0 Å². The molecule has 21 heavy (non-hydrogen) atoms. The third-order valence-corrected chi connectivity index (χ3v) is 3.20. The standard InChI is InChI=1S/C17H15ClN2O/c1-12-8-9-13(5-4-10-19)14(11-12)17(21)20-16-7-3-2-6-15(16)18/h2-3,6-9,11H,10,19H2,1H3,(H,20,21). The quantitative estimate of drug-likeness (QED) is 0.837. The summed E-state index contributed by atoms with van der Waals surface area (Å²) in [5.41, 5.74) is 8.10. The van der Waals surface area contributed by atoms with Gasteiger partial charge in [-0.15, -0.1) is 0 Å². The topological polar surface area (TPSA) is 55.1 Å². The van der Waals surface area contributed by atoms with Gasteiger partial charge in [0, 0.05) is 5.56 Å². The summed E-state index contributed by atoms with van der Waals surface area (Å²) in [4.78, 5) is 12.4. The van der Waals surface area contributed by atoms with E-state index in [1.54, 1.807) is 18.2 Å². The zero-order valence-electron chi connectivity index (χ0n) is 11.6. The summed E-state index contributed by atoms with van der Waals surface area (Å²) in [5.74, 6) is 5.44. The molecule has 0 radical (unpaired) electrons. The normalized spacial score (nSPS) is 9.67. The molecule has 106 valence electrons. The van der Waals surface area contributed by atoms with Gasteiger partial charge in [-0.2, -0.15) is 0 Å². The van der Waals surface area contributed by atoms with Crippen molar-refractivity contribution in [1.29, 1.82) is 0 Å². The summed E-state index contributed by atoms with van der Waals surface area (Å²) in [6, 6.07) is 12.6. The molecule has 4 heteroatoms. The predicted octanol–water partition coefficient (Wildman–Crippen LogP) is 3.21. The van der Waals surface area contributed by atoms with Crippen LogP contribution in [0, 0.1) is 18.8 Å². The Morgan fingerprint density at radius 3 is 2.76 bits per heavy atom. The van der Waals surface area contributed by atoms with Crippen molar-refractivity contribution >= 4 is 23.2 Å². The highest BCUT2D eigenvalue weighted by Crippen LogP contribution is 2.22. The largest absolute Gasteiger partial charge is 0.321 e. The fourth-order valence-corrected chi connectivity index (χ4v) is 2.04. The van der Waals surface area contributed by atoms with Gasteiger partial charge in [-0.1, -0.05) is 47.2 Å². The highest BCUT2D eigenvalue weighted by atomic mass is 35.5. The van der Waals surface area contributed by atoms with Crippen LogP contribution in [-0.4, -0.2) is 12.5 Å². The van der Waals surface area contributed by atoms with Gasteiger partial charge in [0.05, 0.1) is 22.8 Å². The number of para-hydroxylation sites is 1. The van der Waals surface area contributed by atoms with Crippen molar-refractivity contribution in [3.8, 4) is 11.8 Å². The van der Waals surface area contributed by atoms with Gasteiger partial charge in [0.2, 0.25) is 0 Å². The summed E-state index contributed by atoms with van der Waals surface area (Å²) in [6.45, 7) is 2.17. The number of hydrogen-bond donors (Lipinski definition) is 2. The number of nitrogens with two attached hydrogens (primary N) is 1. The number of anilines is 1. The first kappa shape index (κ1) is 15.1. The van der Waals surface area contributed by atoms with Gasteiger partial charge in [-0.3, -0.25) is 4.79 Å². The molecule has 0 aliphatic rings. The molecule has 0 bridgehead atoms. The van der Waals surface area contributed by atoms with Crippen LogP contribution < -0.4 is 11.1 Å². The van der Waals surface area contributed by atoms with E-state index in [2.05, 4.69) is 17.2 Å². The Morgan fingerprint density at radius 1 is 1.29 bits per heavy atom. The van der Waals surface area contributed by atoms with E-state index in [0.717, 1.165) is 5.56 Å². The van der Waals surface area contributed by atoms with Crippen molar-refractivity contribution in [1.82, 2.24) is 0 Å². The Balaban J connectivity index is 2.34. The highest BCUT2D eigenvalue weighted by molar-refractivity contribution is 6.33. The minimum absolute atomic E-state index is 0.242. The smallest absolute Gasteiger partial charge is 0.256 e. The molecule has 0 fully saturated rings. The first-order chi connectivity index (χ1) is 10.1. The lowest BCUT2D eigenvalue weighted by molar-refractivity contribution is 0.102. The molecule has 0 spiro atoms. The molecule has 2 aromatic carbocycles.